The van der Waals surface area contributed by atoms with Crippen LogP contribution >= 0.6 is 0 Å². The number of ether oxygens (including phenoxy) is 3. The van der Waals surface area contributed by atoms with Gasteiger partial charge in [-0.15, -0.1) is 0 Å². The van der Waals surface area contributed by atoms with E-state index in [1.165, 1.54) is 69.8 Å². The molecule has 0 radical (unpaired) electrons. The second-order valence-electron chi connectivity index (χ2n) is 11.8. The lowest BCUT2D eigenvalue weighted by atomic mass is 9.73. The number of hydrogen-bond donors (Lipinski definition) is 0. The summed E-state index contributed by atoms with van der Waals surface area (Å²) >= 11 is 0. The number of nitriles is 1. The topological polar surface area (TPSA) is 76.2 Å². The Morgan fingerprint density at radius 3 is 2.00 bits per heavy atom. The van der Waals surface area contributed by atoms with Crippen molar-refractivity contribution in [2.24, 2.45) is 10.2 Å². The molecule has 0 heterocycles. The lowest BCUT2D eigenvalue weighted by molar-refractivity contribution is 0.351. The largest absolute Gasteiger partial charge is 0.497 e. The van der Waals surface area contributed by atoms with E-state index in [2.05, 4.69) is 41.4 Å². The van der Waals surface area contributed by atoms with Crippen LogP contribution in [0.1, 0.15) is 121 Å². The van der Waals surface area contributed by atoms with Crippen molar-refractivity contribution in [3.8, 4) is 23.3 Å². The summed E-state index contributed by atoms with van der Waals surface area (Å²) in [6, 6.07) is 17.1. The molecule has 2 unspecified atom stereocenters. The standard InChI is InChI=1S/C37H57N3O3/c1-6-7-8-9-10-11-12-13-14-15-16-26-37(30-38,32-23-25-35(42-4)36(29-32)43-5)27-18-20-33(40-39-2)24-22-31-19-17-21-34(28-31)41-3/h17,19,21,23,25,28-29,33H,6-16,18,20,22,24,26-27H2,1-5H3. The predicted molar refractivity (Wildman–Crippen MR) is 178 cm³/mol. The summed E-state index contributed by atoms with van der Waals surface area (Å²) < 4.78 is 16.5. The second-order valence-corrected chi connectivity index (χ2v) is 11.8. The first-order valence-electron chi connectivity index (χ1n) is 16.6. The quantitative estimate of drug-likeness (QED) is 0.0899. The Morgan fingerprint density at radius 2 is 1.40 bits per heavy atom. The van der Waals surface area contributed by atoms with Crippen LogP contribution < -0.4 is 14.2 Å². The molecule has 0 aromatic heterocycles. The third-order valence-electron chi connectivity index (χ3n) is 8.68. The molecule has 238 valence electrons. The zero-order chi connectivity index (χ0) is 31.2. The summed E-state index contributed by atoms with van der Waals surface area (Å²) in [4.78, 5) is 0. The van der Waals surface area contributed by atoms with Crippen LogP contribution in [0, 0.1) is 11.3 Å². The van der Waals surface area contributed by atoms with Crippen molar-refractivity contribution >= 4 is 0 Å². The van der Waals surface area contributed by atoms with Gasteiger partial charge in [-0.3, -0.25) is 0 Å². The van der Waals surface area contributed by atoms with Gasteiger partial charge in [0.2, 0.25) is 0 Å². The normalized spacial score (nSPS) is 13.4. The van der Waals surface area contributed by atoms with Crippen molar-refractivity contribution in [3.05, 3.63) is 53.6 Å². The van der Waals surface area contributed by atoms with Crippen LogP contribution in [0.3, 0.4) is 0 Å². The summed E-state index contributed by atoms with van der Waals surface area (Å²) in [5.74, 6) is 2.24. The van der Waals surface area contributed by atoms with Gasteiger partial charge in [0.05, 0.1) is 38.9 Å². The van der Waals surface area contributed by atoms with E-state index in [0.717, 1.165) is 56.3 Å². The van der Waals surface area contributed by atoms with E-state index in [4.69, 9.17) is 14.2 Å². The van der Waals surface area contributed by atoms with Crippen molar-refractivity contribution in [3.63, 3.8) is 0 Å². The Morgan fingerprint density at radius 1 is 0.744 bits per heavy atom. The van der Waals surface area contributed by atoms with E-state index < -0.39 is 5.41 Å². The highest BCUT2D eigenvalue weighted by molar-refractivity contribution is 5.47. The third kappa shape index (κ3) is 13.0. The number of rotatable bonds is 24. The summed E-state index contributed by atoms with van der Waals surface area (Å²) in [6.07, 6.45) is 19.5. The summed E-state index contributed by atoms with van der Waals surface area (Å²) in [5.41, 5.74) is 1.69. The molecule has 43 heavy (non-hydrogen) atoms. The highest BCUT2D eigenvalue weighted by Gasteiger charge is 2.32. The number of unbranched alkanes of at least 4 members (excludes halogenated alkanes) is 10. The Balaban J connectivity index is 2.01. The first-order valence-corrected chi connectivity index (χ1v) is 16.6. The highest BCUT2D eigenvalue weighted by atomic mass is 16.5. The lowest BCUT2D eigenvalue weighted by Crippen LogP contribution is -2.25. The molecule has 2 rings (SSSR count). The molecule has 2 aromatic rings. The number of benzene rings is 2. The zero-order valence-electron chi connectivity index (χ0n) is 27.7. The maximum atomic E-state index is 10.7. The third-order valence-corrected chi connectivity index (χ3v) is 8.68. The molecule has 0 saturated heterocycles. The Bertz CT molecular complexity index is 1100. The van der Waals surface area contributed by atoms with E-state index in [9.17, 15) is 5.26 Å². The molecule has 0 N–H and O–H groups in total. The predicted octanol–water partition coefficient (Wildman–Crippen LogP) is 10.4. The average Bonchev–Trinajstić information content (AvgIpc) is 3.05. The molecule has 0 bridgehead atoms. The highest BCUT2D eigenvalue weighted by Crippen LogP contribution is 2.40. The molecule has 2 atom stereocenters. The zero-order valence-corrected chi connectivity index (χ0v) is 27.7. The fourth-order valence-electron chi connectivity index (χ4n) is 6.04. The second kappa shape index (κ2) is 21.6. The van der Waals surface area contributed by atoms with Gasteiger partial charge in [-0.2, -0.15) is 15.5 Å². The summed E-state index contributed by atoms with van der Waals surface area (Å²) in [7, 11) is 6.74. The molecule has 0 spiro atoms. The van der Waals surface area contributed by atoms with E-state index in [0.29, 0.717) is 11.5 Å². The molecule has 6 heteroatoms. The smallest absolute Gasteiger partial charge is 0.161 e. The van der Waals surface area contributed by atoms with Crippen LogP contribution in [-0.4, -0.2) is 34.4 Å². The van der Waals surface area contributed by atoms with Crippen molar-refractivity contribution < 1.29 is 14.2 Å². The molecule has 0 saturated carbocycles. The number of nitrogens with zero attached hydrogens (tertiary/aromatic N) is 3. The van der Waals surface area contributed by atoms with Gasteiger partial charge in [0.25, 0.3) is 0 Å². The molecule has 0 amide bonds. The van der Waals surface area contributed by atoms with E-state index in [1.807, 2.05) is 24.3 Å². The molecule has 0 fully saturated rings. The minimum atomic E-state index is -0.570. The average molecular weight is 592 g/mol. The molecule has 6 nitrogen and oxygen atoms in total. The van der Waals surface area contributed by atoms with Crippen LogP contribution in [0.5, 0.6) is 17.2 Å². The SMILES string of the molecule is CCCCCCCCCCCCCC(C#N)(CCCC(CCc1cccc(OC)c1)N=NC)c1ccc(OC)c(OC)c1. The van der Waals surface area contributed by atoms with Crippen molar-refractivity contribution in [2.75, 3.05) is 28.4 Å². The van der Waals surface area contributed by atoms with E-state index in [-0.39, 0.29) is 6.04 Å². The minimum absolute atomic E-state index is 0.125. The first-order chi connectivity index (χ1) is 21.0. The van der Waals surface area contributed by atoms with Gasteiger partial charge in [0, 0.05) is 7.05 Å². The fourth-order valence-corrected chi connectivity index (χ4v) is 6.04. The van der Waals surface area contributed by atoms with Crippen molar-refractivity contribution in [1.82, 2.24) is 0 Å². The van der Waals surface area contributed by atoms with Crippen LogP contribution in [0.2, 0.25) is 0 Å². The van der Waals surface area contributed by atoms with Gasteiger partial charge < -0.3 is 14.2 Å². The van der Waals surface area contributed by atoms with Gasteiger partial charge >= 0.3 is 0 Å². The fraction of sp³-hybridized carbons (Fsp3) is 0.649. The van der Waals surface area contributed by atoms with Crippen molar-refractivity contribution in [2.45, 2.75) is 128 Å². The lowest BCUT2D eigenvalue weighted by Gasteiger charge is -2.28. The van der Waals surface area contributed by atoms with E-state index >= 15 is 0 Å². The van der Waals surface area contributed by atoms with Crippen LogP contribution in [0.15, 0.2) is 52.7 Å². The van der Waals surface area contributed by atoms with Gasteiger partial charge in [-0.05, 0) is 73.9 Å². The molecule has 0 aliphatic carbocycles. The maximum absolute atomic E-state index is 10.7. The molecular weight excluding hydrogens is 534 g/mol. The van der Waals surface area contributed by atoms with Gasteiger partial charge in [0.1, 0.15) is 5.75 Å². The number of aryl methyl sites for hydroxylation is 1. The molecule has 0 aliphatic heterocycles. The van der Waals surface area contributed by atoms with Gasteiger partial charge in [0.15, 0.2) is 11.5 Å². The monoisotopic (exact) mass is 591 g/mol. The number of azo groups is 1. The molecule has 2 aromatic carbocycles. The van der Waals surface area contributed by atoms with Gasteiger partial charge in [-0.25, -0.2) is 0 Å². The Labute approximate surface area is 262 Å². The summed E-state index contributed by atoms with van der Waals surface area (Å²) in [5, 5.41) is 19.4. The van der Waals surface area contributed by atoms with Crippen LogP contribution in [-0.2, 0) is 11.8 Å². The van der Waals surface area contributed by atoms with Gasteiger partial charge in [-0.1, -0.05) is 95.8 Å². The Hall–Kier alpha value is -3.07. The maximum Gasteiger partial charge on any atom is 0.161 e. The van der Waals surface area contributed by atoms with Crippen molar-refractivity contribution in [1.29, 1.82) is 5.26 Å². The van der Waals surface area contributed by atoms with Crippen LogP contribution in [0.25, 0.3) is 0 Å². The number of methoxy groups -OCH3 is 3. The van der Waals surface area contributed by atoms with Crippen LogP contribution in [0.4, 0.5) is 0 Å². The first kappa shape index (κ1) is 36.1. The molecular formula is C37H57N3O3. The number of hydrogen-bond acceptors (Lipinski definition) is 6. The minimum Gasteiger partial charge on any atom is -0.497 e. The summed E-state index contributed by atoms with van der Waals surface area (Å²) in [6.45, 7) is 2.27. The van der Waals surface area contributed by atoms with E-state index in [1.54, 1.807) is 28.4 Å². The Kier molecular flexibility index (Phi) is 18.1. The molecule has 0 aliphatic rings.